The van der Waals surface area contributed by atoms with Gasteiger partial charge in [-0.3, -0.25) is 4.79 Å². The van der Waals surface area contributed by atoms with Crippen LogP contribution in [-0.2, 0) is 28.0 Å². The lowest BCUT2D eigenvalue weighted by molar-refractivity contribution is -0.131. The number of hydrogen-bond donors (Lipinski definition) is 2. The van der Waals surface area contributed by atoms with E-state index in [-0.39, 0.29) is 17.2 Å². The lowest BCUT2D eigenvalue weighted by atomic mass is 9.87. The van der Waals surface area contributed by atoms with Crippen molar-refractivity contribution in [1.82, 2.24) is 0 Å². The molecule has 1 aliphatic heterocycles. The van der Waals surface area contributed by atoms with Crippen molar-refractivity contribution >= 4 is 17.6 Å². The van der Waals surface area contributed by atoms with Crippen LogP contribution in [0.3, 0.4) is 0 Å². The number of amides is 1. The Morgan fingerprint density at radius 1 is 1.16 bits per heavy atom. The second kappa shape index (κ2) is 10.2. The van der Waals surface area contributed by atoms with Crippen LogP contribution in [0.5, 0.6) is 11.5 Å². The lowest BCUT2D eigenvalue weighted by Gasteiger charge is -2.27. The highest BCUT2D eigenvalue weighted by molar-refractivity contribution is 5.97. The van der Waals surface area contributed by atoms with Crippen LogP contribution in [0.1, 0.15) is 35.1 Å². The number of ether oxygens (including phenoxy) is 2. The maximum Gasteiger partial charge on any atom is 0.327 e. The minimum atomic E-state index is -1.04. The van der Waals surface area contributed by atoms with E-state index in [1.165, 1.54) is 6.08 Å². The first-order valence-electron chi connectivity index (χ1n) is 12.2. The van der Waals surface area contributed by atoms with E-state index >= 15 is 0 Å². The molecule has 0 unspecified atom stereocenters. The highest BCUT2D eigenvalue weighted by Gasteiger charge is 2.61. The van der Waals surface area contributed by atoms with Crippen molar-refractivity contribution < 1.29 is 24.2 Å². The smallest absolute Gasteiger partial charge is 0.327 e. The van der Waals surface area contributed by atoms with Gasteiger partial charge < -0.3 is 19.9 Å². The molecule has 7 heteroatoms. The maximum absolute atomic E-state index is 13.3. The summed E-state index contributed by atoms with van der Waals surface area (Å²) in [6.07, 6.45) is 4.37. The highest BCUT2D eigenvalue weighted by atomic mass is 16.5. The number of hydrogen-bond acceptors (Lipinski definition) is 5. The second-order valence-corrected chi connectivity index (χ2v) is 9.36. The third-order valence-corrected chi connectivity index (χ3v) is 7.03. The van der Waals surface area contributed by atoms with Crippen LogP contribution in [0, 0.1) is 17.2 Å². The zero-order valence-electron chi connectivity index (χ0n) is 20.1. The molecule has 0 saturated heterocycles. The van der Waals surface area contributed by atoms with Gasteiger partial charge in [-0.05, 0) is 48.6 Å². The zero-order chi connectivity index (χ0) is 25.8. The number of rotatable bonds is 8. The molecule has 1 heterocycles. The van der Waals surface area contributed by atoms with Crippen LogP contribution in [0.25, 0.3) is 0 Å². The predicted octanol–water partition coefficient (Wildman–Crippen LogP) is 5.00. The van der Waals surface area contributed by atoms with E-state index in [1.54, 1.807) is 18.2 Å². The van der Waals surface area contributed by atoms with Gasteiger partial charge in [0.2, 0.25) is 5.91 Å². The normalized spacial score (nSPS) is 19.5. The summed E-state index contributed by atoms with van der Waals surface area (Å²) >= 11 is 0. The van der Waals surface area contributed by atoms with E-state index in [0.29, 0.717) is 43.1 Å². The summed E-state index contributed by atoms with van der Waals surface area (Å²) in [5.41, 5.74) is 3.50. The number of carbonyl (C=O) groups excluding carboxylic acids is 1. The number of nitrogens with zero attached hydrogens (tertiary/aromatic N) is 1. The summed E-state index contributed by atoms with van der Waals surface area (Å²) in [6.45, 7) is 0.982. The van der Waals surface area contributed by atoms with Gasteiger partial charge in [-0.25, -0.2) is 4.79 Å². The Morgan fingerprint density at radius 3 is 2.78 bits per heavy atom. The third-order valence-electron chi connectivity index (χ3n) is 7.03. The lowest BCUT2D eigenvalue weighted by Crippen LogP contribution is -2.27. The van der Waals surface area contributed by atoms with Gasteiger partial charge in [0.05, 0.1) is 18.2 Å². The van der Waals surface area contributed by atoms with Gasteiger partial charge in [0.25, 0.3) is 0 Å². The number of aliphatic carboxylic acids is 1. The van der Waals surface area contributed by atoms with E-state index in [4.69, 9.17) is 14.6 Å². The van der Waals surface area contributed by atoms with E-state index in [0.717, 1.165) is 34.9 Å². The molecule has 2 atom stereocenters. The van der Waals surface area contributed by atoms with Crippen molar-refractivity contribution in [3.8, 4) is 17.6 Å². The van der Waals surface area contributed by atoms with Crippen LogP contribution in [-0.4, -0.2) is 23.6 Å². The molecule has 0 aromatic heterocycles. The van der Waals surface area contributed by atoms with Crippen LogP contribution in [0.4, 0.5) is 5.69 Å². The molecule has 1 aliphatic carbocycles. The fourth-order valence-corrected chi connectivity index (χ4v) is 5.01. The summed E-state index contributed by atoms with van der Waals surface area (Å²) in [6, 6.07) is 22.9. The number of carboxylic acids is 1. The molecule has 3 aromatic carbocycles. The van der Waals surface area contributed by atoms with E-state index in [1.807, 2.05) is 48.5 Å². The van der Waals surface area contributed by atoms with Crippen molar-refractivity contribution in [3.63, 3.8) is 0 Å². The largest absolute Gasteiger partial charge is 0.493 e. The van der Waals surface area contributed by atoms with Gasteiger partial charge >= 0.3 is 5.97 Å². The van der Waals surface area contributed by atoms with Gasteiger partial charge in [-0.1, -0.05) is 48.5 Å². The Hall–Kier alpha value is -4.57. The van der Waals surface area contributed by atoms with Gasteiger partial charge in [0.15, 0.2) is 0 Å². The quantitative estimate of drug-likeness (QED) is 0.427. The molecule has 186 valence electrons. The average molecular weight is 495 g/mol. The summed E-state index contributed by atoms with van der Waals surface area (Å²) in [5.74, 6) is 0.0907. The van der Waals surface area contributed by atoms with Crippen molar-refractivity contribution in [2.75, 3.05) is 11.9 Å². The molecule has 2 N–H and O–H groups in total. The maximum atomic E-state index is 13.3. The van der Waals surface area contributed by atoms with Crippen molar-refractivity contribution in [1.29, 1.82) is 5.26 Å². The minimum Gasteiger partial charge on any atom is -0.493 e. The summed E-state index contributed by atoms with van der Waals surface area (Å²) in [5, 5.41) is 21.2. The number of nitriles is 1. The molecule has 1 amide bonds. The van der Waals surface area contributed by atoms with Crippen molar-refractivity contribution in [2.24, 2.45) is 5.92 Å². The van der Waals surface area contributed by atoms with Crippen LogP contribution < -0.4 is 14.8 Å². The Kier molecular flexibility index (Phi) is 6.65. The molecular formula is C30H26N2O5. The first-order valence-corrected chi connectivity index (χ1v) is 12.2. The number of nitrogens with one attached hydrogen (secondary N) is 1. The van der Waals surface area contributed by atoms with Crippen molar-refractivity contribution in [3.05, 3.63) is 101 Å². The molecule has 1 saturated carbocycles. The molecule has 2 aliphatic rings. The molecule has 1 fully saturated rings. The first-order chi connectivity index (χ1) is 18.0. The average Bonchev–Trinajstić information content (AvgIpc) is 3.63. The third kappa shape index (κ3) is 5.19. The number of carbonyl (C=O) groups is 2. The van der Waals surface area contributed by atoms with Crippen molar-refractivity contribution in [2.45, 2.75) is 31.3 Å². The fourth-order valence-electron chi connectivity index (χ4n) is 5.01. The van der Waals surface area contributed by atoms with Gasteiger partial charge in [0.1, 0.15) is 18.1 Å². The Labute approximate surface area is 215 Å². The monoisotopic (exact) mass is 494 g/mol. The summed E-state index contributed by atoms with van der Waals surface area (Å²) in [4.78, 5) is 24.2. The molecular weight excluding hydrogens is 468 g/mol. The number of anilines is 1. The first kappa shape index (κ1) is 24.1. The number of allylic oxidation sites excluding steroid dienone is 1. The second-order valence-electron chi connectivity index (χ2n) is 9.36. The molecule has 7 nitrogen and oxygen atoms in total. The summed E-state index contributed by atoms with van der Waals surface area (Å²) < 4.78 is 11.9. The molecule has 0 radical (unpaired) electrons. The van der Waals surface area contributed by atoms with Gasteiger partial charge in [0, 0.05) is 34.7 Å². The molecule has 37 heavy (non-hydrogen) atoms. The molecule has 0 bridgehead atoms. The van der Waals surface area contributed by atoms with E-state index in [2.05, 4.69) is 11.4 Å². The number of benzene rings is 3. The van der Waals surface area contributed by atoms with Gasteiger partial charge in [-0.2, -0.15) is 5.26 Å². The SMILES string of the molecule is N#Cc1ccc(CC=CC(=O)O)c(NC(=O)[C@@H]2C[C@]23CCOc2cc(OCc4ccccc4)ccc23)c1. The summed E-state index contributed by atoms with van der Waals surface area (Å²) in [7, 11) is 0. The number of carboxylic acid groups (broad SMARTS) is 1. The predicted molar refractivity (Wildman–Crippen MR) is 137 cm³/mol. The zero-order valence-corrected chi connectivity index (χ0v) is 20.1. The number of fused-ring (bicyclic) bond motifs is 2. The molecule has 5 rings (SSSR count). The van der Waals surface area contributed by atoms with E-state index in [9.17, 15) is 14.9 Å². The Morgan fingerprint density at radius 2 is 2.00 bits per heavy atom. The van der Waals surface area contributed by atoms with E-state index < -0.39 is 5.97 Å². The Bertz CT molecular complexity index is 1410. The molecule has 1 spiro atoms. The van der Waals surface area contributed by atoms with Crippen LogP contribution in [0.2, 0.25) is 0 Å². The topological polar surface area (TPSA) is 109 Å². The standard InChI is InChI=1S/C30H26N2O5/c31-18-21-9-10-22(7-4-8-28(33)34)26(15-21)32-29(35)25-17-30(25)13-14-36-27-16-23(11-12-24(27)30)37-19-20-5-2-1-3-6-20/h1-6,8-12,15-16,25H,7,13-14,17,19H2,(H,32,35)(H,33,34)/t25-,30-/m0/s1. The highest BCUT2D eigenvalue weighted by Crippen LogP contribution is 2.61. The fraction of sp³-hybridized carbons (Fsp3) is 0.233. The van der Waals surface area contributed by atoms with Crippen LogP contribution >= 0.6 is 0 Å². The Balaban J connectivity index is 1.31. The minimum absolute atomic E-state index is 0.115. The van der Waals surface area contributed by atoms with Crippen LogP contribution in [0.15, 0.2) is 78.9 Å². The van der Waals surface area contributed by atoms with Gasteiger partial charge in [-0.15, -0.1) is 0 Å². The molecule has 3 aromatic rings.